The summed E-state index contributed by atoms with van der Waals surface area (Å²) in [5.74, 6) is 2.37. The molecule has 1 heterocycles. The van der Waals surface area contributed by atoms with Crippen LogP contribution in [0.3, 0.4) is 0 Å². The molecule has 1 rings (SSSR count). The molecular formula is C13H25N5O. The van der Waals surface area contributed by atoms with Gasteiger partial charge in [-0.05, 0) is 20.5 Å². The van der Waals surface area contributed by atoms with Crippen LogP contribution in [0, 0.1) is 0 Å². The van der Waals surface area contributed by atoms with E-state index in [1.807, 2.05) is 20.2 Å². The SMILES string of the molecule is CCCNc1cc(NCCN(C)C)nc(COC)n1. The lowest BCUT2D eigenvalue weighted by atomic mass is 10.4. The first kappa shape index (κ1) is 15.7. The smallest absolute Gasteiger partial charge is 0.158 e. The summed E-state index contributed by atoms with van der Waals surface area (Å²) in [5.41, 5.74) is 0. The Morgan fingerprint density at radius 1 is 1.16 bits per heavy atom. The van der Waals surface area contributed by atoms with Gasteiger partial charge < -0.3 is 20.3 Å². The van der Waals surface area contributed by atoms with Gasteiger partial charge in [0.2, 0.25) is 0 Å². The zero-order valence-corrected chi connectivity index (χ0v) is 12.4. The zero-order chi connectivity index (χ0) is 14.1. The molecule has 1 aromatic rings. The van der Waals surface area contributed by atoms with Crippen LogP contribution in [0.1, 0.15) is 19.2 Å². The molecule has 0 aliphatic rings. The van der Waals surface area contributed by atoms with E-state index in [0.717, 1.165) is 37.7 Å². The molecule has 0 saturated heterocycles. The molecule has 0 atom stereocenters. The van der Waals surface area contributed by atoms with Crippen molar-refractivity contribution >= 4 is 11.6 Å². The minimum Gasteiger partial charge on any atom is -0.377 e. The molecule has 0 spiro atoms. The van der Waals surface area contributed by atoms with E-state index >= 15 is 0 Å². The topological polar surface area (TPSA) is 62.3 Å². The van der Waals surface area contributed by atoms with Gasteiger partial charge in [0.15, 0.2) is 5.82 Å². The van der Waals surface area contributed by atoms with Crippen molar-refractivity contribution in [3.63, 3.8) is 0 Å². The van der Waals surface area contributed by atoms with Crippen LogP contribution in [0.4, 0.5) is 11.6 Å². The molecule has 2 N–H and O–H groups in total. The van der Waals surface area contributed by atoms with Crippen LogP contribution >= 0.6 is 0 Å². The van der Waals surface area contributed by atoms with Gasteiger partial charge >= 0.3 is 0 Å². The molecule has 0 saturated carbocycles. The van der Waals surface area contributed by atoms with Gasteiger partial charge in [0.05, 0.1) is 0 Å². The number of hydrogen-bond donors (Lipinski definition) is 2. The molecule has 0 unspecified atom stereocenters. The first-order chi connectivity index (χ1) is 9.15. The lowest BCUT2D eigenvalue weighted by Gasteiger charge is -2.13. The Kier molecular flexibility index (Phi) is 7.14. The maximum absolute atomic E-state index is 5.10. The van der Waals surface area contributed by atoms with E-state index in [9.17, 15) is 0 Å². The first-order valence-corrected chi connectivity index (χ1v) is 6.65. The van der Waals surface area contributed by atoms with Crippen LogP contribution < -0.4 is 10.6 Å². The molecule has 0 aliphatic heterocycles. The number of nitrogens with one attached hydrogen (secondary N) is 2. The van der Waals surface area contributed by atoms with Gasteiger partial charge in [-0.25, -0.2) is 9.97 Å². The van der Waals surface area contributed by atoms with Crippen molar-refractivity contribution in [3.05, 3.63) is 11.9 Å². The molecule has 6 heteroatoms. The molecule has 1 aromatic heterocycles. The number of rotatable bonds is 9. The fourth-order valence-corrected chi connectivity index (χ4v) is 1.53. The highest BCUT2D eigenvalue weighted by Gasteiger charge is 2.04. The first-order valence-electron chi connectivity index (χ1n) is 6.65. The molecule has 19 heavy (non-hydrogen) atoms. The number of ether oxygens (including phenoxy) is 1. The minimum absolute atomic E-state index is 0.421. The Morgan fingerprint density at radius 3 is 2.32 bits per heavy atom. The summed E-state index contributed by atoms with van der Waals surface area (Å²) >= 11 is 0. The van der Waals surface area contributed by atoms with Crippen LogP contribution in [0.25, 0.3) is 0 Å². The lowest BCUT2D eigenvalue weighted by molar-refractivity contribution is 0.178. The molecule has 6 nitrogen and oxygen atoms in total. The molecule has 0 amide bonds. The number of likely N-dealkylation sites (N-methyl/N-ethyl adjacent to an activating group) is 1. The summed E-state index contributed by atoms with van der Waals surface area (Å²) in [7, 11) is 5.74. The molecule has 108 valence electrons. The Bertz CT molecular complexity index is 370. The quantitative estimate of drug-likeness (QED) is 0.705. The molecule has 0 aromatic carbocycles. The third-order valence-electron chi connectivity index (χ3n) is 2.47. The van der Waals surface area contributed by atoms with Crippen LogP contribution in [0.15, 0.2) is 6.07 Å². The predicted molar refractivity (Wildman–Crippen MR) is 78.6 cm³/mol. The fourth-order valence-electron chi connectivity index (χ4n) is 1.53. The van der Waals surface area contributed by atoms with Crippen molar-refractivity contribution in [2.24, 2.45) is 0 Å². The van der Waals surface area contributed by atoms with Gasteiger partial charge in [-0.3, -0.25) is 0 Å². The van der Waals surface area contributed by atoms with E-state index in [1.165, 1.54) is 0 Å². The van der Waals surface area contributed by atoms with Crippen molar-refractivity contribution in [1.82, 2.24) is 14.9 Å². The predicted octanol–water partition coefficient (Wildman–Crippen LogP) is 1.42. The van der Waals surface area contributed by atoms with Gasteiger partial charge in [-0.2, -0.15) is 0 Å². The molecule has 0 fully saturated rings. The Labute approximate surface area is 115 Å². The van der Waals surface area contributed by atoms with Crippen molar-refractivity contribution in [1.29, 1.82) is 0 Å². The third-order valence-corrected chi connectivity index (χ3v) is 2.47. The summed E-state index contributed by atoms with van der Waals surface area (Å²) in [6.07, 6.45) is 1.06. The zero-order valence-electron chi connectivity index (χ0n) is 12.4. The van der Waals surface area contributed by atoms with Crippen LogP contribution in [-0.4, -0.2) is 55.7 Å². The standard InChI is InChI=1S/C13H25N5O/c1-5-6-14-11-9-12(15-7-8-18(2)3)17-13(16-11)10-19-4/h9H,5-8,10H2,1-4H3,(H2,14,15,16,17). The second-order valence-electron chi connectivity index (χ2n) is 4.64. The Hall–Kier alpha value is -1.40. The van der Waals surface area contributed by atoms with E-state index in [2.05, 4.69) is 32.4 Å². The summed E-state index contributed by atoms with van der Waals surface area (Å²) in [5, 5.41) is 6.58. The van der Waals surface area contributed by atoms with E-state index in [0.29, 0.717) is 12.4 Å². The largest absolute Gasteiger partial charge is 0.377 e. The van der Waals surface area contributed by atoms with Crippen LogP contribution in [0.5, 0.6) is 0 Å². The molecule has 0 aliphatic carbocycles. The number of hydrogen-bond acceptors (Lipinski definition) is 6. The van der Waals surface area contributed by atoms with Gasteiger partial charge in [-0.15, -0.1) is 0 Å². The van der Waals surface area contributed by atoms with Crippen molar-refractivity contribution in [3.8, 4) is 0 Å². The summed E-state index contributed by atoms with van der Waals surface area (Å²) in [4.78, 5) is 11.0. The summed E-state index contributed by atoms with van der Waals surface area (Å²) < 4.78 is 5.10. The van der Waals surface area contributed by atoms with Gasteiger partial charge in [0.1, 0.15) is 18.2 Å². The maximum atomic E-state index is 5.10. The highest BCUT2D eigenvalue weighted by Crippen LogP contribution is 2.12. The van der Waals surface area contributed by atoms with E-state index in [4.69, 9.17) is 4.74 Å². The van der Waals surface area contributed by atoms with Crippen molar-refractivity contribution in [2.45, 2.75) is 20.0 Å². The van der Waals surface area contributed by atoms with Gasteiger partial charge in [-0.1, -0.05) is 6.92 Å². The molecular weight excluding hydrogens is 242 g/mol. The number of aromatic nitrogens is 2. The minimum atomic E-state index is 0.421. The van der Waals surface area contributed by atoms with Gasteiger partial charge in [0.25, 0.3) is 0 Å². The Balaban J connectivity index is 2.68. The van der Waals surface area contributed by atoms with Crippen molar-refractivity contribution < 1.29 is 4.74 Å². The third kappa shape index (κ3) is 6.35. The number of nitrogens with zero attached hydrogens (tertiary/aromatic N) is 3. The second kappa shape index (κ2) is 8.66. The second-order valence-corrected chi connectivity index (χ2v) is 4.64. The monoisotopic (exact) mass is 267 g/mol. The molecule has 0 radical (unpaired) electrons. The van der Waals surface area contributed by atoms with E-state index < -0.39 is 0 Å². The highest BCUT2D eigenvalue weighted by molar-refractivity contribution is 5.47. The maximum Gasteiger partial charge on any atom is 0.158 e. The lowest BCUT2D eigenvalue weighted by Crippen LogP contribution is -2.21. The molecule has 0 bridgehead atoms. The average molecular weight is 267 g/mol. The summed E-state index contributed by atoms with van der Waals surface area (Å²) in [6.45, 7) is 5.26. The normalized spacial score (nSPS) is 10.8. The Morgan fingerprint density at radius 2 is 1.79 bits per heavy atom. The summed E-state index contributed by atoms with van der Waals surface area (Å²) in [6, 6.07) is 1.94. The number of methoxy groups -OCH3 is 1. The van der Waals surface area contributed by atoms with E-state index in [1.54, 1.807) is 7.11 Å². The van der Waals surface area contributed by atoms with Gasteiger partial charge in [0, 0.05) is 32.8 Å². The van der Waals surface area contributed by atoms with E-state index in [-0.39, 0.29) is 0 Å². The highest BCUT2D eigenvalue weighted by atomic mass is 16.5. The van der Waals surface area contributed by atoms with Crippen molar-refractivity contribution in [2.75, 3.05) is 51.5 Å². The number of anilines is 2. The van der Waals surface area contributed by atoms with Crippen LogP contribution in [0.2, 0.25) is 0 Å². The average Bonchev–Trinajstić information content (AvgIpc) is 2.36. The fraction of sp³-hybridized carbons (Fsp3) is 0.692. The van der Waals surface area contributed by atoms with Crippen LogP contribution in [-0.2, 0) is 11.3 Å².